The van der Waals surface area contributed by atoms with E-state index in [0.29, 0.717) is 23.8 Å². The van der Waals surface area contributed by atoms with Crippen LogP contribution in [0.15, 0.2) is 18.2 Å². The highest BCUT2D eigenvalue weighted by atomic mass is 35.5. The molecule has 1 aromatic rings. The van der Waals surface area contributed by atoms with Crippen molar-refractivity contribution in [2.45, 2.75) is 26.2 Å². The quantitative estimate of drug-likeness (QED) is 0.830. The van der Waals surface area contributed by atoms with Crippen molar-refractivity contribution in [3.8, 4) is 0 Å². The maximum Gasteiger partial charge on any atom is 0.270 e. The third-order valence-electron chi connectivity index (χ3n) is 4.58. The summed E-state index contributed by atoms with van der Waals surface area (Å²) in [5, 5.41) is 1.44. The van der Waals surface area contributed by atoms with Crippen molar-refractivity contribution in [3.05, 3.63) is 33.8 Å². The van der Waals surface area contributed by atoms with E-state index in [2.05, 4.69) is 12.3 Å². The lowest BCUT2D eigenvalue weighted by Gasteiger charge is -2.25. The molecule has 1 aromatic carbocycles. The average molecular weight is 355 g/mol. The second kappa shape index (κ2) is 6.13. The number of hydrogen-bond donors (Lipinski definition) is 1. The van der Waals surface area contributed by atoms with Gasteiger partial charge in [-0.2, -0.15) is 5.01 Å². The van der Waals surface area contributed by atoms with Gasteiger partial charge in [0.2, 0.25) is 0 Å². The molecule has 3 atom stereocenters. The summed E-state index contributed by atoms with van der Waals surface area (Å²) in [4.78, 5) is 37.1. The van der Waals surface area contributed by atoms with Crippen LogP contribution in [-0.4, -0.2) is 22.7 Å². The van der Waals surface area contributed by atoms with Gasteiger partial charge in [-0.05, 0) is 43.4 Å². The first kappa shape index (κ1) is 16.3. The van der Waals surface area contributed by atoms with Crippen LogP contribution in [0.2, 0.25) is 10.0 Å². The molecule has 0 radical (unpaired) electrons. The Labute approximate surface area is 143 Å². The molecular formula is C16H16Cl2N2O3. The molecule has 1 aliphatic carbocycles. The lowest BCUT2D eigenvalue weighted by Crippen LogP contribution is -2.46. The molecule has 23 heavy (non-hydrogen) atoms. The van der Waals surface area contributed by atoms with Gasteiger partial charge in [-0.15, -0.1) is 0 Å². The predicted octanol–water partition coefficient (Wildman–Crippen LogP) is 3.06. The summed E-state index contributed by atoms with van der Waals surface area (Å²) in [6, 6.07) is 4.39. The van der Waals surface area contributed by atoms with Gasteiger partial charge in [0.25, 0.3) is 17.7 Å². The zero-order chi connectivity index (χ0) is 16.7. The van der Waals surface area contributed by atoms with E-state index in [1.165, 1.54) is 18.2 Å². The maximum absolute atomic E-state index is 12.4. The van der Waals surface area contributed by atoms with Gasteiger partial charge in [0.15, 0.2) is 0 Å². The summed E-state index contributed by atoms with van der Waals surface area (Å²) in [5.41, 5.74) is 2.65. The van der Waals surface area contributed by atoms with Gasteiger partial charge in [0.05, 0.1) is 21.9 Å². The van der Waals surface area contributed by atoms with Crippen LogP contribution in [0.25, 0.3) is 0 Å². The molecule has 0 bridgehead atoms. The fourth-order valence-electron chi connectivity index (χ4n) is 3.30. The molecule has 1 aliphatic heterocycles. The fraction of sp³-hybridized carbons (Fsp3) is 0.438. The van der Waals surface area contributed by atoms with Gasteiger partial charge < -0.3 is 0 Å². The van der Waals surface area contributed by atoms with Crippen molar-refractivity contribution in [1.82, 2.24) is 10.4 Å². The van der Waals surface area contributed by atoms with Crippen LogP contribution in [0.3, 0.4) is 0 Å². The monoisotopic (exact) mass is 354 g/mol. The van der Waals surface area contributed by atoms with Crippen molar-refractivity contribution < 1.29 is 14.4 Å². The first-order valence-corrected chi connectivity index (χ1v) is 8.28. The SMILES string of the molecule is C[C@@H]1CC[C@H]2C(=O)N(NC(=O)c3ccc(Cl)c(Cl)c3)C(=O)[C@@H]2C1. The second-order valence-corrected chi connectivity index (χ2v) is 7.03. The van der Waals surface area contributed by atoms with E-state index in [0.717, 1.165) is 11.4 Å². The smallest absolute Gasteiger partial charge is 0.270 e. The fourth-order valence-corrected chi connectivity index (χ4v) is 3.60. The molecule has 0 unspecified atom stereocenters. The first-order valence-electron chi connectivity index (χ1n) is 7.52. The second-order valence-electron chi connectivity index (χ2n) is 6.21. The number of fused-ring (bicyclic) bond motifs is 1. The van der Waals surface area contributed by atoms with E-state index in [1.54, 1.807) is 0 Å². The summed E-state index contributed by atoms with van der Waals surface area (Å²) in [6.07, 6.45) is 2.30. The van der Waals surface area contributed by atoms with E-state index in [4.69, 9.17) is 23.2 Å². The van der Waals surface area contributed by atoms with Crippen LogP contribution < -0.4 is 5.43 Å². The summed E-state index contributed by atoms with van der Waals surface area (Å²) < 4.78 is 0. The number of carbonyl (C=O) groups excluding carboxylic acids is 3. The predicted molar refractivity (Wildman–Crippen MR) is 85.8 cm³/mol. The average Bonchev–Trinajstić information content (AvgIpc) is 2.74. The number of hydrogen-bond acceptors (Lipinski definition) is 3. The number of halogens is 2. The zero-order valence-corrected chi connectivity index (χ0v) is 14.0. The first-order chi connectivity index (χ1) is 10.9. The van der Waals surface area contributed by atoms with E-state index >= 15 is 0 Å². The van der Waals surface area contributed by atoms with Gasteiger partial charge >= 0.3 is 0 Å². The molecule has 2 aliphatic rings. The highest BCUT2D eigenvalue weighted by Gasteiger charge is 2.50. The number of hydrazine groups is 1. The van der Waals surface area contributed by atoms with Crippen molar-refractivity contribution in [2.24, 2.45) is 17.8 Å². The van der Waals surface area contributed by atoms with E-state index in [9.17, 15) is 14.4 Å². The van der Waals surface area contributed by atoms with Crippen LogP contribution in [0, 0.1) is 17.8 Å². The minimum absolute atomic E-state index is 0.237. The molecule has 0 spiro atoms. The standard InChI is InChI=1S/C16H16Cl2N2O3/c1-8-2-4-10-11(6-8)16(23)20(15(10)22)19-14(21)9-3-5-12(17)13(18)7-9/h3,5,7-8,10-11H,2,4,6H2,1H3,(H,19,21)/t8-,10-,11-/m1/s1. The third-order valence-corrected chi connectivity index (χ3v) is 5.32. The van der Waals surface area contributed by atoms with Gasteiger partial charge in [0, 0.05) is 5.56 Å². The Morgan fingerprint density at radius 1 is 1.13 bits per heavy atom. The molecule has 3 amide bonds. The largest absolute Gasteiger partial charge is 0.272 e. The number of nitrogens with zero attached hydrogens (tertiary/aromatic N) is 1. The molecular weight excluding hydrogens is 339 g/mol. The van der Waals surface area contributed by atoms with Crippen molar-refractivity contribution in [2.75, 3.05) is 0 Å². The Bertz CT molecular complexity index is 692. The molecule has 1 saturated carbocycles. The Kier molecular flexibility index (Phi) is 4.34. The van der Waals surface area contributed by atoms with Crippen LogP contribution in [0.1, 0.15) is 36.5 Å². The summed E-state index contributed by atoms with van der Waals surface area (Å²) >= 11 is 11.7. The van der Waals surface area contributed by atoms with Gasteiger partial charge in [-0.25, -0.2) is 0 Å². The Morgan fingerprint density at radius 3 is 2.52 bits per heavy atom. The third kappa shape index (κ3) is 2.95. The van der Waals surface area contributed by atoms with E-state index < -0.39 is 5.91 Å². The van der Waals surface area contributed by atoms with Crippen LogP contribution in [0.5, 0.6) is 0 Å². The molecule has 2 fully saturated rings. The molecule has 7 heteroatoms. The molecule has 1 heterocycles. The molecule has 0 aromatic heterocycles. The number of rotatable bonds is 2. The van der Waals surface area contributed by atoms with E-state index in [-0.39, 0.29) is 34.2 Å². The topological polar surface area (TPSA) is 66.5 Å². The zero-order valence-electron chi connectivity index (χ0n) is 12.5. The molecule has 122 valence electrons. The summed E-state index contributed by atoms with van der Waals surface area (Å²) in [6.45, 7) is 2.07. The minimum Gasteiger partial charge on any atom is -0.272 e. The van der Waals surface area contributed by atoms with Gasteiger partial charge in [-0.3, -0.25) is 19.8 Å². The van der Waals surface area contributed by atoms with Gasteiger partial charge in [-0.1, -0.05) is 30.1 Å². The van der Waals surface area contributed by atoms with E-state index in [1.807, 2.05) is 0 Å². The number of imide groups is 1. The van der Waals surface area contributed by atoms with Gasteiger partial charge in [0.1, 0.15) is 0 Å². The molecule has 1 N–H and O–H groups in total. The Morgan fingerprint density at radius 2 is 1.83 bits per heavy atom. The highest BCUT2D eigenvalue weighted by molar-refractivity contribution is 6.42. The number of nitrogens with one attached hydrogen (secondary N) is 1. The number of amides is 3. The number of benzene rings is 1. The van der Waals surface area contributed by atoms with Crippen molar-refractivity contribution >= 4 is 40.9 Å². The highest BCUT2D eigenvalue weighted by Crippen LogP contribution is 2.39. The normalized spacial score (nSPS) is 27.1. The minimum atomic E-state index is -0.558. The molecule has 3 rings (SSSR count). The van der Waals surface area contributed by atoms with Crippen LogP contribution in [-0.2, 0) is 9.59 Å². The Hall–Kier alpha value is -1.59. The lowest BCUT2D eigenvalue weighted by molar-refractivity contribution is -0.142. The maximum atomic E-state index is 12.4. The lowest BCUT2D eigenvalue weighted by atomic mass is 9.76. The summed E-state index contributed by atoms with van der Waals surface area (Å²) in [5.74, 6) is -1.41. The molecule has 1 saturated heterocycles. The van der Waals surface area contributed by atoms with Crippen LogP contribution >= 0.6 is 23.2 Å². The molecule has 5 nitrogen and oxygen atoms in total. The Balaban J connectivity index is 1.77. The number of carbonyl (C=O) groups is 3. The van der Waals surface area contributed by atoms with Crippen LogP contribution in [0.4, 0.5) is 0 Å². The van der Waals surface area contributed by atoms with Crippen molar-refractivity contribution in [1.29, 1.82) is 0 Å². The van der Waals surface area contributed by atoms with Crippen molar-refractivity contribution in [3.63, 3.8) is 0 Å². The summed E-state index contributed by atoms with van der Waals surface area (Å²) in [7, 11) is 0.